The molecule has 8 heteroatoms. The first-order chi connectivity index (χ1) is 7.78. The Morgan fingerprint density at radius 2 is 1.88 bits per heavy atom. The lowest BCUT2D eigenvalue weighted by atomic mass is 10.0. The third-order valence-electron chi connectivity index (χ3n) is 2.64. The van der Waals surface area contributed by atoms with E-state index < -0.39 is 40.0 Å². The molecule has 7 nitrogen and oxygen atoms in total. The number of carbonyl (C=O) groups is 1. The van der Waals surface area contributed by atoms with Crippen LogP contribution >= 0.6 is 0 Å². The van der Waals surface area contributed by atoms with Crippen LogP contribution in [0, 0.1) is 0 Å². The van der Waals surface area contributed by atoms with Crippen LogP contribution in [0.1, 0.15) is 20.3 Å². The van der Waals surface area contributed by atoms with Gasteiger partial charge in [-0.05, 0) is 13.3 Å². The molecular weight excluding hydrogens is 250 g/mol. The molecule has 3 N–H and O–H groups in total. The molecule has 0 heterocycles. The number of ether oxygens (including phenoxy) is 1. The maximum absolute atomic E-state index is 11.8. The largest absolute Gasteiger partial charge is 0.468 e. The molecule has 0 aliphatic rings. The molecular formula is C9H19NO6S. The van der Waals surface area contributed by atoms with Crippen molar-refractivity contribution in [2.45, 2.75) is 31.1 Å². The van der Waals surface area contributed by atoms with Gasteiger partial charge >= 0.3 is 5.97 Å². The molecule has 0 radical (unpaired) electrons. The van der Waals surface area contributed by atoms with Gasteiger partial charge in [-0.25, -0.2) is 13.1 Å². The first kappa shape index (κ1) is 16.3. The quantitative estimate of drug-likeness (QED) is 0.490. The van der Waals surface area contributed by atoms with Crippen molar-refractivity contribution < 1.29 is 28.2 Å². The first-order valence-corrected chi connectivity index (χ1v) is 6.65. The highest BCUT2D eigenvalue weighted by Crippen LogP contribution is 2.13. The molecule has 0 saturated carbocycles. The van der Waals surface area contributed by atoms with Gasteiger partial charge in [-0.3, -0.25) is 4.79 Å². The van der Waals surface area contributed by atoms with Crippen molar-refractivity contribution in [3.63, 3.8) is 0 Å². The molecule has 0 bridgehead atoms. The lowest BCUT2D eigenvalue weighted by molar-refractivity contribution is -0.139. The molecule has 0 aromatic carbocycles. The zero-order valence-corrected chi connectivity index (χ0v) is 11.0. The van der Waals surface area contributed by atoms with Crippen molar-refractivity contribution >= 4 is 16.0 Å². The number of esters is 1. The summed E-state index contributed by atoms with van der Waals surface area (Å²) >= 11 is 0. The highest BCUT2D eigenvalue weighted by Gasteiger charge is 2.37. The number of aliphatic hydroxyl groups excluding tert-OH is 2. The van der Waals surface area contributed by atoms with E-state index in [1.165, 1.54) is 6.92 Å². The predicted octanol–water partition coefficient (Wildman–Crippen LogP) is -1.40. The van der Waals surface area contributed by atoms with Gasteiger partial charge in [-0.15, -0.1) is 0 Å². The van der Waals surface area contributed by atoms with E-state index in [1.807, 2.05) is 0 Å². The van der Waals surface area contributed by atoms with Crippen LogP contribution in [0.4, 0.5) is 0 Å². The van der Waals surface area contributed by atoms with Gasteiger partial charge in [0.1, 0.15) is 0 Å². The Bertz CT molecular complexity index is 340. The minimum atomic E-state index is -4.01. The molecule has 0 fully saturated rings. The van der Waals surface area contributed by atoms with Crippen LogP contribution < -0.4 is 4.72 Å². The van der Waals surface area contributed by atoms with E-state index in [0.29, 0.717) is 0 Å². The maximum atomic E-state index is 11.8. The summed E-state index contributed by atoms with van der Waals surface area (Å²) in [5.74, 6) is -0.904. The second-order valence-electron chi connectivity index (χ2n) is 3.76. The number of sulfonamides is 1. The van der Waals surface area contributed by atoms with Crippen molar-refractivity contribution in [2.75, 3.05) is 20.3 Å². The van der Waals surface area contributed by atoms with E-state index in [1.54, 1.807) is 6.92 Å². The fourth-order valence-electron chi connectivity index (χ4n) is 1.09. The Kier molecular flexibility index (Phi) is 6.03. The second kappa shape index (κ2) is 6.29. The zero-order chi connectivity index (χ0) is 13.7. The molecule has 1 atom stereocenters. The topological polar surface area (TPSA) is 113 Å². The van der Waals surface area contributed by atoms with Gasteiger partial charge in [0, 0.05) is 0 Å². The molecule has 0 amide bonds. The molecule has 0 spiro atoms. The van der Waals surface area contributed by atoms with E-state index in [-0.39, 0.29) is 6.42 Å². The average molecular weight is 269 g/mol. The summed E-state index contributed by atoms with van der Waals surface area (Å²) in [6, 6.07) is 0. The van der Waals surface area contributed by atoms with Crippen LogP contribution in [-0.4, -0.2) is 55.7 Å². The summed E-state index contributed by atoms with van der Waals surface area (Å²) in [5.41, 5.74) is -1.36. The van der Waals surface area contributed by atoms with Gasteiger partial charge in [0.05, 0.1) is 25.9 Å². The molecule has 0 rings (SSSR count). The van der Waals surface area contributed by atoms with Gasteiger partial charge < -0.3 is 14.9 Å². The van der Waals surface area contributed by atoms with Crippen LogP contribution in [0.15, 0.2) is 0 Å². The maximum Gasteiger partial charge on any atom is 0.325 e. The van der Waals surface area contributed by atoms with Crippen molar-refractivity contribution in [2.24, 2.45) is 0 Å². The van der Waals surface area contributed by atoms with Crippen LogP contribution in [0.25, 0.3) is 0 Å². The number of hydrogen-bond donors (Lipinski definition) is 3. The van der Waals surface area contributed by atoms with E-state index in [0.717, 1.165) is 7.11 Å². The van der Waals surface area contributed by atoms with E-state index in [9.17, 15) is 13.2 Å². The van der Waals surface area contributed by atoms with Crippen molar-refractivity contribution in [1.82, 2.24) is 4.72 Å². The predicted molar refractivity (Wildman–Crippen MR) is 60.7 cm³/mol. The summed E-state index contributed by atoms with van der Waals surface area (Å²) < 4.78 is 30.1. The molecule has 1 unspecified atom stereocenters. The number of nitrogens with one attached hydrogen (secondary N) is 1. The second-order valence-corrected chi connectivity index (χ2v) is 5.76. The third kappa shape index (κ3) is 3.91. The lowest BCUT2D eigenvalue weighted by Crippen LogP contribution is -2.56. The molecule has 0 aliphatic carbocycles. The Morgan fingerprint density at radius 1 is 1.41 bits per heavy atom. The Balaban J connectivity index is 5.03. The molecule has 17 heavy (non-hydrogen) atoms. The van der Waals surface area contributed by atoms with E-state index >= 15 is 0 Å². The fourth-order valence-corrected chi connectivity index (χ4v) is 2.50. The number of hydrogen-bond acceptors (Lipinski definition) is 6. The summed E-state index contributed by atoms with van der Waals surface area (Å²) in [6.45, 7) is 1.65. The van der Waals surface area contributed by atoms with Crippen LogP contribution in [0.3, 0.4) is 0 Å². The summed E-state index contributed by atoms with van der Waals surface area (Å²) in [6.07, 6.45) is 0.188. The average Bonchev–Trinajstić information content (AvgIpc) is 2.34. The monoisotopic (exact) mass is 269 g/mol. The minimum Gasteiger partial charge on any atom is -0.468 e. The SMILES string of the molecule is CCC(CO)(CO)NS(=O)(=O)C(C)C(=O)OC. The Labute approximate surface area is 101 Å². The smallest absolute Gasteiger partial charge is 0.325 e. The molecule has 0 aromatic rings. The third-order valence-corrected chi connectivity index (χ3v) is 4.48. The standard InChI is InChI=1S/C9H19NO6S/c1-4-9(5-11,6-12)10-17(14,15)7(2)8(13)16-3/h7,10-12H,4-6H2,1-3H3. The van der Waals surface area contributed by atoms with Crippen LogP contribution in [-0.2, 0) is 19.6 Å². The van der Waals surface area contributed by atoms with Gasteiger partial charge in [-0.2, -0.15) is 0 Å². The molecule has 0 aromatic heterocycles. The van der Waals surface area contributed by atoms with Crippen molar-refractivity contribution in [1.29, 1.82) is 0 Å². The van der Waals surface area contributed by atoms with Gasteiger partial charge in [0.2, 0.25) is 10.0 Å². The molecule has 0 aliphatic heterocycles. The zero-order valence-electron chi connectivity index (χ0n) is 10.1. The molecule has 0 saturated heterocycles. The van der Waals surface area contributed by atoms with Crippen LogP contribution in [0.2, 0.25) is 0 Å². The Hall–Kier alpha value is -0.700. The summed E-state index contributed by atoms with van der Waals surface area (Å²) in [5, 5.41) is 16.8. The summed E-state index contributed by atoms with van der Waals surface area (Å²) in [4.78, 5) is 11.1. The normalized spacial score (nSPS) is 14.4. The number of carbonyl (C=O) groups excluding carboxylic acids is 1. The van der Waals surface area contributed by atoms with E-state index in [2.05, 4.69) is 9.46 Å². The lowest BCUT2D eigenvalue weighted by Gasteiger charge is -2.30. The van der Waals surface area contributed by atoms with Crippen molar-refractivity contribution in [3.05, 3.63) is 0 Å². The number of rotatable bonds is 7. The first-order valence-electron chi connectivity index (χ1n) is 5.11. The van der Waals surface area contributed by atoms with Gasteiger partial charge in [0.15, 0.2) is 5.25 Å². The fraction of sp³-hybridized carbons (Fsp3) is 0.889. The van der Waals surface area contributed by atoms with Gasteiger partial charge in [-0.1, -0.05) is 6.92 Å². The molecule has 102 valence electrons. The van der Waals surface area contributed by atoms with E-state index in [4.69, 9.17) is 10.2 Å². The van der Waals surface area contributed by atoms with Gasteiger partial charge in [0.25, 0.3) is 0 Å². The van der Waals surface area contributed by atoms with Crippen LogP contribution in [0.5, 0.6) is 0 Å². The number of methoxy groups -OCH3 is 1. The Morgan fingerprint density at radius 3 is 2.18 bits per heavy atom. The minimum absolute atomic E-state index is 0.188. The summed E-state index contributed by atoms with van der Waals surface area (Å²) in [7, 11) is -2.93. The highest BCUT2D eigenvalue weighted by atomic mass is 32.2. The number of aliphatic hydroxyl groups is 2. The highest BCUT2D eigenvalue weighted by molar-refractivity contribution is 7.90. The van der Waals surface area contributed by atoms with Crippen molar-refractivity contribution in [3.8, 4) is 0 Å².